The summed E-state index contributed by atoms with van der Waals surface area (Å²) >= 11 is 0. The Kier molecular flexibility index (Phi) is 3.61. The lowest BCUT2D eigenvalue weighted by Crippen LogP contribution is -2.48. The second kappa shape index (κ2) is 5.18. The lowest BCUT2D eigenvalue weighted by molar-refractivity contribution is -0.133. The maximum absolute atomic E-state index is 12.0. The topological polar surface area (TPSA) is 78.7 Å². The minimum atomic E-state index is -1.08. The van der Waals surface area contributed by atoms with Crippen LogP contribution in [0.1, 0.15) is 10.5 Å². The first kappa shape index (κ1) is 12.6. The minimum Gasteiger partial charge on any atom is -0.476 e. The molecule has 1 aromatic heterocycles. The van der Waals surface area contributed by atoms with E-state index in [2.05, 4.69) is 10.00 Å². The summed E-state index contributed by atoms with van der Waals surface area (Å²) < 4.78 is 1.37. The van der Waals surface area contributed by atoms with E-state index in [9.17, 15) is 9.59 Å². The van der Waals surface area contributed by atoms with E-state index in [0.717, 1.165) is 13.1 Å². The van der Waals surface area contributed by atoms with Gasteiger partial charge in [0.2, 0.25) is 5.91 Å². The molecule has 1 amide bonds. The van der Waals surface area contributed by atoms with Crippen LogP contribution in [0.4, 0.5) is 0 Å². The molecule has 0 unspecified atom stereocenters. The highest BCUT2D eigenvalue weighted by Gasteiger charge is 2.19. The number of carbonyl (C=O) groups is 2. The van der Waals surface area contributed by atoms with E-state index < -0.39 is 5.97 Å². The van der Waals surface area contributed by atoms with Crippen LogP contribution in [0.25, 0.3) is 0 Å². The van der Waals surface area contributed by atoms with Crippen LogP contribution < -0.4 is 0 Å². The zero-order chi connectivity index (χ0) is 13.1. The normalized spacial score (nSPS) is 16.8. The number of aromatic carboxylic acids is 1. The van der Waals surface area contributed by atoms with Gasteiger partial charge in [-0.15, -0.1) is 0 Å². The standard InChI is InChI=1S/C11H16N4O3/c1-13-4-6-14(7-5-13)10(16)8-15-3-2-9(12-15)11(17)18/h2-3H,4-8H2,1H3,(H,17,18). The highest BCUT2D eigenvalue weighted by molar-refractivity contribution is 5.85. The second-order valence-corrected chi connectivity index (χ2v) is 4.39. The van der Waals surface area contributed by atoms with E-state index in [-0.39, 0.29) is 18.1 Å². The first-order valence-electron chi connectivity index (χ1n) is 5.79. The fourth-order valence-electron chi connectivity index (χ4n) is 1.86. The highest BCUT2D eigenvalue weighted by atomic mass is 16.4. The van der Waals surface area contributed by atoms with E-state index >= 15 is 0 Å². The van der Waals surface area contributed by atoms with Gasteiger partial charge in [0.25, 0.3) is 0 Å². The lowest BCUT2D eigenvalue weighted by Gasteiger charge is -2.32. The fourth-order valence-corrected chi connectivity index (χ4v) is 1.86. The Morgan fingerprint density at radius 2 is 2.00 bits per heavy atom. The van der Waals surface area contributed by atoms with Gasteiger partial charge in [0, 0.05) is 32.4 Å². The number of aromatic nitrogens is 2. The molecule has 2 heterocycles. The first-order valence-corrected chi connectivity index (χ1v) is 5.79. The molecule has 0 spiro atoms. The van der Waals surface area contributed by atoms with Crippen LogP contribution in [0.5, 0.6) is 0 Å². The molecule has 2 rings (SSSR count). The van der Waals surface area contributed by atoms with Crippen LogP contribution >= 0.6 is 0 Å². The van der Waals surface area contributed by atoms with E-state index in [1.54, 1.807) is 4.90 Å². The van der Waals surface area contributed by atoms with Crippen LogP contribution in [-0.2, 0) is 11.3 Å². The summed E-state index contributed by atoms with van der Waals surface area (Å²) in [5.74, 6) is -1.11. The number of carboxylic acid groups (broad SMARTS) is 1. The maximum atomic E-state index is 12.0. The van der Waals surface area contributed by atoms with Gasteiger partial charge in [-0.25, -0.2) is 4.79 Å². The molecule has 1 aromatic rings. The Morgan fingerprint density at radius 1 is 1.33 bits per heavy atom. The Labute approximate surface area is 105 Å². The van der Waals surface area contributed by atoms with Crippen molar-refractivity contribution in [2.24, 2.45) is 0 Å². The summed E-state index contributed by atoms with van der Waals surface area (Å²) in [6.07, 6.45) is 1.51. The third-order valence-electron chi connectivity index (χ3n) is 3.01. The molecule has 18 heavy (non-hydrogen) atoms. The highest BCUT2D eigenvalue weighted by Crippen LogP contribution is 2.02. The molecule has 98 valence electrons. The number of carboxylic acids is 1. The summed E-state index contributed by atoms with van der Waals surface area (Å²) in [7, 11) is 2.02. The lowest BCUT2D eigenvalue weighted by atomic mass is 10.3. The van der Waals surface area contributed by atoms with Crippen molar-refractivity contribution in [1.82, 2.24) is 19.6 Å². The van der Waals surface area contributed by atoms with Gasteiger partial charge in [0.1, 0.15) is 6.54 Å². The van der Waals surface area contributed by atoms with Crippen LogP contribution in [0, 0.1) is 0 Å². The van der Waals surface area contributed by atoms with Gasteiger partial charge in [-0.05, 0) is 13.1 Å². The van der Waals surface area contributed by atoms with Gasteiger partial charge in [-0.3, -0.25) is 9.48 Å². The molecule has 1 fully saturated rings. The first-order chi connectivity index (χ1) is 8.56. The summed E-state index contributed by atoms with van der Waals surface area (Å²) in [5, 5.41) is 12.6. The zero-order valence-corrected chi connectivity index (χ0v) is 10.2. The number of amides is 1. The SMILES string of the molecule is CN1CCN(C(=O)Cn2ccc(C(=O)O)n2)CC1. The van der Waals surface area contributed by atoms with Crippen molar-refractivity contribution in [1.29, 1.82) is 0 Å². The number of rotatable bonds is 3. The van der Waals surface area contributed by atoms with Gasteiger partial charge >= 0.3 is 5.97 Å². The Bertz CT molecular complexity index is 449. The van der Waals surface area contributed by atoms with Crippen molar-refractivity contribution in [2.75, 3.05) is 33.2 Å². The smallest absolute Gasteiger partial charge is 0.356 e. The number of nitrogens with zero attached hydrogens (tertiary/aromatic N) is 4. The summed E-state index contributed by atoms with van der Waals surface area (Å²) in [6, 6.07) is 1.39. The van der Waals surface area contributed by atoms with E-state index in [1.165, 1.54) is 16.9 Å². The van der Waals surface area contributed by atoms with Crippen molar-refractivity contribution in [3.05, 3.63) is 18.0 Å². The third-order valence-corrected chi connectivity index (χ3v) is 3.01. The molecule has 1 aliphatic heterocycles. The molecule has 0 bridgehead atoms. The summed E-state index contributed by atoms with van der Waals surface area (Å²) in [4.78, 5) is 26.6. The third kappa shape index (κ3) is 2.86. The number of carbonyl (C=O) groups excluding carboxylic acids is 1. The Balaban J connectivity index is 1.92. The summed E-state index contributed by atoms with van der Waals surface area (Å²) in [6.45, 7) is 3.25. The predicted octanol–water partition coefficient (Wildman–Crippen LogP) is -0.645. The quantitative estimate of drug-likeness (QED) is 0.773. The van der Waals surface area contributed by atoms with E-state index in [4.69, 9.17) is 5.11 Å². The molecule has 0 atom stereocenters. The molecule has 0 aromatic carbocycles. The average Bonchev–Trinajstić information content (AvgIpc) is 2.78. The number of hydrogen-bond donors (Lipinski definition) is 1. The van der Waals surface area contributed by atoms with Crippen LogP contribution in [0.15, 0.2) is 12.3 Å². The maximum Gasteiger partial charge on any atom is 0.356 e. The molecule has 7 heteroatoms. The van der Waals surface area contributed by atoms with Gasteiger partial charge in [-0.2, -0.15) is 5.10 Å². The zero-order valence-electron chi connectivity index (χ0n) is 10.2. The number of piperazine rings is 1. The van der Waals surface area contributed by atoms with Crippen LogP contribution in [-0.4, -0.2) is 69.8 Å². The van der Waals surface area contributed by atoms with Crippen LogP contribution in [0.3, 0.4) is 0 Å². The molecule has 0 saturated carbocycles. The van der Waals surface area contributed by atoms with Gasteiger partial charge < -0.3 is 14.9 Å². The molecule has 1 saturated heterocycles. The van der Waals surface area contributed by atoms with Crippen molar-refractivity contribution < 1.29 is 14.7 Å². The van der Waals surface area contributed by atoms with Crippen molar-refractivity contribution in [2.45, 2.75) is 6.54 Å². The molecular formula is C11H16N4O3. The monoisotopic (exact) mass is 252 g/mol. The molecule has 0 radical (unpaired) electrons. The fraction of sp³-hybridized carbons (Fsp3) is 0.545. The van der Waals surface area contributed by atoms with Crippen LogP contribution in [0.2, 0.25) is 0 Å². The van der Waals surface area contributed by atoms with Crippen molar-refractivity contribution in [3.63, 3.8) is 0 Å². The van der Waals surface area contributed by atoms with Gasteiger partial charge in [0.05, 0.1) is 0 Å². The van der Waals surface area contributed by atoms with Gasteiger partial charge in [0.15, 0.2) is 5.69 Å². The average molecular weight is 252 g/mol. The van der Waals surface area contributed by atoms with E-state index in [0.29, 0.717) is 13.1 Å². The Morgan fingerprint density at radius 3 is 2.56 bits per heavy atom. The minimum absolute atomic E-state index is 0.0249. The largest absolute Gasteiger partial charge is 0.476 e. The second-order valence-electron chi connectivity index (χ2n) is 4.39. The molecule has 7 nitrogen and oxygen atoms in total. The van der Waals surface area contributed by atoms with Crippen molar-refractivity contribution >= 4 is 11.9 Å². The Hall–Kier alpha value is -1.89. The van der Waals surface area contributed by atoms with Crippen molar-refractivity contribution in [3.8, 4) is 0 Å². The number of likely N-dealkylation sites (N-methyl/N-ethyl adjacent to an activating group) is 1. The molecule has 0 aliphatic carbocycles. The van der Waals surface area contributed by atoms with E-state index in [1.807, 2.05) is 7.05 Å². The number of hydrogen-bond acceptors (Lipinski definition) is 4. The summed E-state index contributed by atoms with van der Waals surface area (Å²) in [5.41, 5.74) is -0.0406. The molecular weight excluding hydrogens is 236 g/mol. The predicted molar refractivity (Wildman–Crippen MR) is 63.3 cm³/mol. The molecule has 1 N–H and O–H groups in total. The van der Waals surface area contributed by atoms with Gasteiger partial charge in [-0.1, -0.05) is 0 Å². The molecule has 1 aliphatic rings.